The fraction of sp³-hybridized carbons (Fsp3) is 0.214. The van der Waals surface area contributed by atoms with Crippen LogP contribution in [0.1, 0.15) is 17.0 Å². The van der Waals surface area contributed by atoms with Gasteiger partial charge in [-0.25, -0.2) is 0 Å². The Morgan fingerprint density at radius 3 is 2.12 bits per heavy atom. The number of nitrogens with two attached hydrogens (primary N) is 1. The van der Waals surface area contributed by atoms with Gasteiger partial charge in [0.15, 0.2) is 5.43 Å². The first-order chi connectivity index (χ1) is 7.99. The molecule has 3 nitrogen and oxygen atoms in total. The second-order valence-electron chi connectivity index (χ2n) is 4.36. The molecule has 0 spiro atoms. The van der Waals surface area contributed by atoms with Gasteiger partial charge in [0.2, 0.25) is 0 Å². The second kappa shape index (κ2) is 4.09. The van der Waals surface area contributed by atoms with Crippen LogP contribution >= 0.6 is 0 Å². The molecule has 1 aromatic carbocycles. The number of anilines is 1. The number of pyridine rings is 1. The molecule has 0 saturated carbocycles. The van der Waals surface area contributed by atoms with Crippen LogP contribution in [0.3, 0.4) is 0 Å². The average molecular weight is 228 g/mol. The molecular weight excluding hydrogens is 212 g/mol. The van der Waals surface area contributed by atoms with E-state index in [0.29, 0.717) is 0 Å². The molecule has 88 valence electrons. The Morgan fingerprint density at radius 1 is 1.00 bits per heavy atom. The van der Waals surface area contributed by atoms with E-state index in [1.807, 2.05) is 39.0 Å². The van der Waals surface area contributed by atoms with Gasteiger partial charge in [0.1, 0.15) is 0 Å². The minimum Gasteiger partial charge on any atom is -0.399 e. The number of hydrogen-bond donors (Lipinski definition) is 1. The van der Waals surface area contributed by atoms with Crippen molar-refractivity contribution in [3.63, 3.8) is 0 Å². The molecule has 0 radical (unpaired) electrons. The van der Waals surface area contributed by atoms with Crippen LogP contribution in [0.2, 0.25) is 0 Å². The van der Waals surface area contributed by atoms with Crippen LogP contribution in [0, 0.1) is 20.8 Å². The molecule has 0 aliphatic rings. The zero-order valence-electron chi connectivity index (χ0n) is 10.3. The number of benzene rings is 1. The first kappa shape index (κ1) is 11.5. The predicted octanol–water partition coefficient (Wildman–Crippen LogP) is 2.34. The normalized spacial score (nSPS) is 10.5. The van der Waals surface area contributed by atoms with Crippen LogP contribution in [0.4, 0.5) is 5.69 Å². The molecule has 0 aliphatic heterocycles. The lowest BCUT2D eigenvalue weighted by Gasteiger charge is -2.16. The largest absolute Gasteiger partial charge is 0.399 e. The molecule has 2 aromatic rings. The minimum absolute atomic E-state index is 0.0457. The van der Waals surface area contributed by atoms with Gasteiger partial charge in [-0.05, 0) is 44.5 Å². The van der Waals surface area contributed by atoms with Crippen molar-refractivity contribution in [1.29, 1.82) is 0 Å². The summed E-state index contributed by atoms with van der Waals surface area (Å²) in [6, 6.07) is 9.08. The Kier molecular flexibility index (Phi) is 2.76. The van der Waals surface area contributed by atoms with Gasteiger partial charge in [-0.15, -0.1) is 0 Å². The average Bonchev–Trinajstić information content (AvgIpc) is 2.19. The predicted molar refractivity (Wildman–Crippen MR) is 70.7 cm³/mol. The fourth-order valence-corrected chi connectivity index (χ4v) is 2.17. The zero-order chi connectivity index (χ0) is 12.6. The Morgan fingerprint density at radius 2 is 1.59 bits per heavy atom. The molecule has 3 heteroatoms. The Labute approximate surface area is 101 Å². The molecule has 0 aliphatic carbocycles. The van der Waals surface area contributed by atoms with Crippen molar-refractivity contribution in [2.75, 3.05) is 5.73 Å². The maximum atomic E-state index is 11.4. The van der Waals surface area contributed by atoms with E-state index in [0.717, 1.165) is 28.3 Å². The third-order valence-corrected chi connectivity index (χ3v) is 2.87. The van der Waals surface area contributed by atoms with E-state index in [9.17, 15) is 4.79 Å². The zero-order valence-corrected chi connectivity index (χ0v) is 10.3. The summed E-state index contributed by atoms with van der Waals surface area (Å²) in [5.74, 6) is 0. The minimum atomic E-state index is 0.0457. The van der Waals surface area contributed by atoms with Gasteiger partial charge in [0.25, 0.3) is 0 Å². The van der Waals surface area contributed by atoms with E-state index >= 15 is 0 Å². The Bertz CT molecular complexity index is 600. The van der Waals surface area contributed by atoms with Crippen molar-refractivity contribution in [1.82, 2.24) is 4.57 Å². The molecule has 0 unspecified atom stereocenters. The van der Waals surface area contributed by atoms with Crippen molar-refractivity contribution >= 4 is 5.69 Å². The lowest BCUT2D eigenvalue weighted by molar-refractivity contribution is 0.914. The maximum absolute atomic E-state index is 11.4. The summed E-state index contributed by atoms with van der Waals surface area (Å²) in [5, 5.41) is 0. The highest BCUT2D eigenvalue weighted by molar-refractivity contribution is 5.52. The van der Waals surface area contributed by atoms with E-state index < -0.39 is 0 Å². The highest BCUT2D eigenvalue weighted by atomic mass is 16.1. The van der Waals surface area contributed by atoms with Crippen molar-refractivity contribution < 1.29 is 0 Å². The molecule has 1 aromatic heterocycles. The van der Waals surface area contributed by atoms with Crippen LogP contribution in [-0.2, 0) is 0 Å². The van der Waals surface area contributed by atoms with E-state index in [4.69, 9.17) is 5.73 Å². The summed E-state index contributed by atoms with van der Waals surface area (Å²) < 4.78 is 2.07. The number of aryl methyl sites for hydroxylation is 3. The third-order valence-electron chi connectivity index (χ3n) is 2.87. The molecular formula is C14H16N2O. The number of aromatic nitrogens is 1. The molecule has 0 fully saturated rings. The van der Waals surface area contributed by atoms with Crippen LogP contribution in [0.25, 0.3) is 5.69 Å². The lowest BCUT2D eigenvalue weighted by Crippen LogP contribution is -2.12. The van der Waals surface area contributed by atoms with Gasteiger partial charge in [-0.2, -0.15) is 0 Å². The summed E-state index contributed by atoms with van der Waals surface area (Å²) in [6.45, 7) is 5.89. The first-order valence-electron chi connectivity index (χ1n) is 5.56. The maximum Gasteiger partial charge on any atom is 0.182 e. The Balaban J connectivity index is 2.73. The summed E-state index contributed by atoms with van der Waals surface area (Å²) in [7, 11) is 0. The second-order valence-corrected chi connectivity index (χ2v) is 4.36. The van der Waals surface area contributed by atoms with E-state index in [-0.39, 0.29) is 5.43 Å². The fourth-order valence-electron chi connectivity index (χ4n) is 2.17. The van der Waals surface area contributed by atoms with Crippen molar-refractivity contribution in [3.8, 4) is 5.69 Å². The van der Waals surface area contributed by atoms with E-state index in [1.165, 1.54) is 0 Å². The van der Waals surface area contributed by atoms with E-state index in [1.54, 1.807) is 12.1 Å². The van der Waals surface area contributed by atoms with Crippen molar-refractivity contribution in [2.24, 2.45) is 0 Å². The van der Waals surface area contributed by atoms with Gasteiger partial charge in [-0.3, -0.25) is 4.79 Å². The molecule has 0 bridgehead atoms. The number of rotatable bonds is 1. The first-order valence-corrected chi connectivity index (χ1v) is 5.56. The highest BCUT2D eigenvalue weighted by Crippen LogP contribution is 2.19. The van der Waals surface area contributed by atoms with Gasteiger partial charge in [0, 0.05) is 34.9 Å². The van der Waals surface area contributed by atoms with Crippen molar-refractivity contribution in [3.05, 3.63) is 57.5 Å². The SMILES string of the molecule is Cc1cc(N)ccc1-n1c(C)cc(=O)cc1C. The lowest BCUT2D eigenvalue weighted by atomic mass is 10.1. The standard InChI is InChI=1S/C14H16N2O/c1-9-6-12(15)4-5-14(9)16-10(2)7-13(17)8-11(16)3/h4-8H,15H2,1-3H3. The van der Waals surface area contributed by atoms with Crippen LogP contribution in [-0.4, -0.2) is 4.57 Å². The third kappa shape index (κ3) is 2.09. The molecule has 1 heterocycles. The Hall–Kier alpha value is -2.03. The van der Waals surface area contributed by atoms with Gasteiger partial charge in [0.05, 0.1) is 0 Å². The topological polar surface area (TPSA) is 48.0 Å². The molecule has 2 N–H and O–H groups in total. The summed E-state index contributed by atoms with van der Waals surface area (Å²) >= 11 is 0. The van der Waals surface area contributed by atoms with Gasteiger partial charge < -0.3 is 10.3 Å². The smallest absolute Gasteiger partial charge is 0.182 e. The highest BCUT2D eigenvalue weighted by Gasteiger charge is 2.06. The quantitative estimate of drug-likeness (QED) is 0.761. The molecule has 0 amide bonds. The van der Waals surface area contributed by atoms with Crippen LogP contribution in [0.5, 0.6) is 0 Å². The van der Waals surface area contributed by atoms with Crippen LogP contribution < -0.4 is 11.2 Å². The molecule has 2 rings (SSSR count). The van der Waals surface area contributed by atoms with E-state index in [2.05, 4.69) is 4.57 Å². The van der Waals surface area contributed by atoms with Gasteiger partial charge >= 0.3 is 0 Å². The van der Waals surface area contributed by atoms with Crippen LogP contribution in [0.15, 0.2) is 35.1 Å². The molecule has 0 atom stereocenters. The van der Waals surface area contributed by atoms with Gasteiger partial charge in [-0.1, -0.05) is 0 Å². The number of nitrogen functional groups attached to an aromatic ring is 1. The van der Waals surface area contributed by atoms with Crippen molar-refractivity contribution in [2.45, 2.75) is 20.8 Å². The summed E-state index contributed by atoms with van der Waals surface area (Å²) in [4.78, 5) is 11.4. The summed E-state index contributed by atoms with van der Waals surface area (Å²) in [6.07, 6.45) is 0. The number of nitrogens with zero attached hydrogens (tertiary/aromatic N) is 1. The summed E-state index contributed by atoms with van der Waals surface area (Å²) in [5.41, 5.74) is 10.6. The molecule has 0 saturated heterocycles. The number of hydrogen-bond acceptors (Lipinski definition) is 2. The molecule has 17 heavy (non-hydrogen) atoms. The monoisotopic (exact) mass is 228 g/mol.